The van der Waals surface area contributed by atoms with E-state index in [2.05, 4.69) is 48.0 Å². The molecule has 8 heteroatoms. The van der Waals surface area contributed by atoms with Gasteiger partial charge in [0.15, 0.2) is 11.6 Å². The normalized spacial score (nSPS) is 13.8. The number of carbonyl (C=O) groups is 1. The van der Waals surface area contributed by atoms with Crippen molar-refractivity contribution in [1.82, 2.24) is 19.9 Å². The first kappa shape index (κ1) is 21.7. The number of hydrogen-bond donors (Lipinski definition) is 1. The van der Waals surface area contributed by atoms with Gasteiger partial charge in [-0.3, -0.25) is 14.9 Å². The standard InChI is InChI=1S/C24H26FN5O2/c1-5-6-16-12-21(28-14-27-16)32-19-8-7-18-17(22(19)25)9-10-30(18)23(31)29-20-11-15(13-26-20)24(2,3)4/h7-12,14H,5-6,13H2,1-4H3,(H,26,29,31). The number of nitrogens with one attached hydrogen (secondary N) is 1. The van der Waals surface area contributed by atoms with Gasteiger partial charge in [-0.2, -0.15) is 0 Å². The Morgan fingerprint density at radius 3 is 2.78 bits per heavy atom. The number of benzene rings is 1. The van der Waals surface area contributed by atoms with E-state index in [1.807, 2.05) is 6.08 Å². The van der Waals surface area contributed by atoms with Crippen molar-refractivity contribution in [2.24, 2.45) is 10.4 Å². The molecule has 0 spiro atoms. The fraction of sp³-hybridized carbons (Fsp3) is 0.333. The summed E-state index contributed by atoms with van der Waals surface area (Å²) in [5, 5.41) is 3.07. The Hall–Kier alpha value is -3.55. The summed E-state index contributed by atoms with van der Waals surface area (Å²) in [6.45, 7) is 8.92. The highest BCUT2D eigenvalue weighted by Gasteiger charge is 2.22. The number of amidine groups is 1. The highest BCUT2D eigenvalue weighted by molar-refractivity contribution is 6.07. The lowest BCUT2D eigenvalue weighted by molar-refractivity contribution is 0.247. The molecule has 0 fully saturated rings. The second-order valence-corrected chi connectivity index (χ2v) is 8.75. The lowest BCUT2D eigenvalue weighted by Gasteiger charge is -2.18. The number of rotatable bonds is 4. The van der Waals surface area contributed by atoms with Gasteiger partial charge < -0.3 is 4.74 Å². The number of nitrogens with zero attached hydrogens (tertiary/aromatic N) is 4. The fourth-order valence-electron chi connectivity index (χ4n) is 3.48. The molecule has 0 radical (unpaired) electrons. The summed E-state index contributed by atoms with van der Waals surface area (Å²) in [5.74, 6) is 0.265. The van der Waals surface area contributed by atoms with Crippen molar-refractivity contribution in [2.45, 2.75) is 40.5 Å². The predicted octanol–water partition coefficient (Wildman–Crippen LogP) is 5.26. The van der Waals surface area contributed by atoms with Crippen LogP contribution in [0.2, 0.25) is 0 Å². The number of amides is 1. The first-order valence-corrected chi connectivity index (χ1v) is 10.6. The third kappa shape index (κ3) is 4.39. The Morgan fingerprint density at radius 2 is 2.06 bits per heavy atom. The molecule has 1 N–H and O–H groups in total. The van der Waals surface area contributed by atoms with Crippen LogP contribution in [0.15, 0.2) is 53.4 Å². The molecule has 0 unspecified atom stereocenters. The quantitative estimate of drug-likeness (QED) is 0.606. The summed E-state index contributed by atoms with van der Waals surface area (Å²) in [6, 6.07) is 5.99. The van der Waals surface area contributed by atoms with Crippen molar-refractivity contribution >= 4 is 22.8 Å². The maximum Gasteiger partial charge on any atom is 0.331 e. The number of aromatic nitrogens is 3. The van der Waals surface area contributed by atoms with Crippen LogP contribution in [0, 0.1) is 11.2 Å². The van der Waals surface area contributed by atoms with Gasteiger partial charge in [0.2, 0.25) is 5.88 Å². The Morgan fingerprint density at radius 1 is 1.25 bits per heavy atom. The zero-order valence-corrected chi connectivity index (χ0v) is 18.6. The van der Waals surface area contributed by atoms with E-state index in [-0.39, 0.29) is 22.4 Å². The lowest BCUT2D eigenvalue weighted by atomic mass is 9.87. The topological polar surface area (TPSA) is 81.4 Å². The molecule has 4 rings (SSSR count). The zero-order chi connectivity index (χ0) is 22.9. The van der Waals surface area contributed by atoms with Crippen molar-refractivity contribution in [3.05, 3.63) is 59.9 Å². The largest absolute Gasteiger partial charge is 0.436 e. The van der Waals surface area contributed by atoms with E-state index in [1.165, 1.54) is 23.2 Å². The molecule has 1 aliphatic heterocycles. The first-order chi connectivity index (χ1) is 15.3. The molecular formula is C24H26FN5O2. The third-order valence-electron chi connectivity index (χ3n) is 5.34. The second-order valence-electron chi connectivity index (χ2n) is 8.75. The molecular weight excluding hydrogens is 409 g/mol. The number of halogens is 1. The fourth-order valence-corrected chi connectivity index (χ4v) is 3.48. The zero-order valence-electron chi connectivity index (χ0n) is 18.6. The Bertz CT molecular complexity index is 1240. The second kappa shape index (κ2) is 8.53. The van der Waals surface area contributed by atoms with Gasteiger partial charge in [0.05, 0.1) is 12.1 Å². The van der Waals surface area contributed by atoms with Crippen LogP contribution < -0.4 is 10.1 Å². The minimum Gasteiger partial charge on any atom is -0.436 e. The molecule has 0 aliphatic carbocycles. The molecule has 1 aliphatic rings. The molecule has 0 bridgehead atoms. The SMILES string of the molecule is CCCc1cc(Oc2ccc3c(ccn3C(=O)NC3=NCC(C(C)(C)C)=C3)c2F)ncn1. The van der Waals surface area contributed by atoms with Gasteiger partial charge in [-0.1, -0.05) is 34.1 Å². The Labute approximate surface area is 186 Å². The van der Waals surface area contributed by atoms with Gasteiger partial charge in [-0.05, 0) is 41.7 Å². The van der Waals surface area contributed by atoms with Gasteiger partial charge in [-0.25, -0.2) is 19.2 Å². The first-order valence-electron chi connectivity index (χ1n) is 10.6. The van der Waals surface area contributed by atoms with Crippen molar-refractivity contribution in [2.75, 3.05) is 6.54 Å². The molecule has 1 amide bonds. The molecule has 32 heavy (non-hydrogen) atoms. The summed E-state index contributed by atoms with van der Waals surface area (Å²) >= 11 is 0. The monoisotopic (exact) mass is 435 g/mol. The van der Waals surface area contributed by atoms with Gasteiger partial charge in [0.25, 0.3) is 0 Å². The number of hydrogen-bond acceptors (Lipinski definition) is 5. The van der Waals surface area contributed by atoms with Crippen molar-refractivity contribution in [3.63, 3.8) is 0 Å². The smallest absolute Gasteiger partial charge is 0.331 e. The van der Waals surface area contributed by atoms with Crippen molar-refractivity contribution in [3.8, 4) is 11.6 Å². The molecule has 1 aromatic carbocycles. The van der Waals surface area contributed by atoms with E-state index in [4.69, 9.17) is 4.74 Å². The number of aryl methyl sites for hydroxylation is 1. The summed E-state index contributed by atoms with van der Waals surface area (Å²) < 4.78 is 22.1. The maximum atomic E-state index is 15.1. The molecule has 7 nitrogen and oxygen atoms in total. The Kier molecular flexibility index (Phi) is 5.78. The van der Waals surface area contributed by atoms with Gasteiger partial charge in [0.1, 0.15) is 12.2 Å². The highest BCUT2D eigenvalue weighted by Crippen LogP contribution is 2.31. The van der Waals surface area contributed by atoms with Crippen LogP contribution in [0.25, 0.3) is 10.9 Å². The van der Waals surface area contributed by atoms with E-state index in [1.54, 1.807) is 18.2 Å². The molecule has 0 saturated carbocycles. The summed E-state index contributed by atoms with van der Waals surface area (Å²) in [5.41, 5.74) is 2.39. The maximum absolute atomic E-state index is 15.1. The molecule has 3 aromatic rings. The predicted molar refractivity (Wildman–Crippen MR) is 122 cm³/mol. The van der Waals surface area contributed by atoms with Gasteiger partial charge in [-0.15, -0.1) is 0 Å². The van der Waals surface area contributed by atoms with Crippen LogP contribution in [0.4, 0.5) is 9.18 Å². The molecule has 3 heterocycles. The summed E-state index contributed by atoms with van der Waals surface area (Å²) in [4.78, 5) is 25.4. The van der Waals surface area contributed by atoms with Gasteiger partial charge >= 0.3 is 6.03 Å². The van der Waals surface area contributed by atoms with Gasteiger partial charge in [0, 0.05) is 23.3 Å². The minimum absolute atomic E-state index is 0.0172. The van der Waals surface area contributed by atoms with E-state index in [0.29, 0.717) is 17.9 Å². The number of fused-ring (bicyclic) bond motifs is 1. The van der Waals surface area contributed by atoms with E-state index >= 15 is 4.39 Å². The highest BCUT2D eigenvalue weighted by atomic mass is 19.1. The average Bonchev–Trinajstić information content (AvgIpc) is 3.38. The third-order valence-corrected chi connectivity index (χ3v) is 5.34. The van der Waals surface area contributed by atoms with Crippen LogP contribution in [-0.2, 0) is 6.42 Å². The van der Waals surface area contributed by atoms with E-state index < -0.39 is 11.8 Å². The van der Waals surface area contributed by atoms with Crippen molar-refractivity contribution < 1.29 is 13.9 Å². The summed E-state index contributed by atoms with van der Waals surface area (Å²) in [6.07, 6.45) is 6.55. The van der Waals surface area contributed by atoms with Crippen LogP contribution in [0.5, 0.6) is 11.6 Å². The van der Waals surface area contributed by atoms with Crippen LogP contribution in [0.3, 0.4) is 0 Å². The Balaban J connectivity index is 1.55. The summed E-state index contributed by atoms with van der Waals surface area (Å²) in [7, 11) is 0. The lowest BCUT2D eigenvalue weighted by Crippen LogP contribution is -2.32. The molecule has 2 aromatic heterocycles. The van der Waals surface area contributed by atoms with Crippen molar-refractivity contribution in [1.29, 1.82) is 0 Å². The molecule has 0 atom stereocenters. The number of ether oxygens (including phenoxy) is 1. The number of aliphatic imine (C=N–C) groups is 1. The van der Waals surface area contributed by atoms with E-state index in [0.717, 1.165) is 24.1 Å². The van der Waals surface area contributed by atoms with Crippen LogP contribution in [-0.4, -0.2) is 32.9 Å². The average molecular weight is 436 g/mol. The van der Waals surface area contributed by atoms with Crippen LogP contribution >= 0.6 is 0 Å². The minimum atomic E-state index is -0.558. The molecule has 0 saturated heterocycles. The number of carbonyl (C=O) groups excluding carboxylic acids is 1. The van der Waals surface area contributed by atoms with E-state index in [9.17, 15) is 4.79 Å². The molecule has 166 valence electrons. The van der Waals surface area contributed by atoms with Crippen LogP contribution in [0.1, 0.15) is 39.8 Å².